The average molecular weight is 381 g/mol. The molecule has 1 amide bonds. The van der Waals surface area contributed by atoms with Gasteiger partial charge in [-0.15, -0.1) is 0 Å². The summed E-state index contributed by atoms with van der Waals surface area (Å²) in [5.74, 6) is -0.692. The lowest BCUT2D eigenvalue weighted by Crippen LogP contribution is -2.41. The Kier molecular flexibility index (Phi) is 5.95. The Morgan fingerprint density at radius 2 is 2.04 bits per heavy atom. The first kappa shape index (κ1) is 18.1. The van der Waals surface area contributed by atoms with Crippen molar-refractivity contribution in [2.75, 3.05) is 25.4 Å². The Labute approximate surface area is 148 Å². The molecule has 0 bridgehead atoms. The fraction of sp³-hybridized carbons (Fsp3) is 0.500. The molecule has 1 unspecified atom stereocenters. The molecule has 1 atom stereocenters. The summed E-state index contributed by atoms with van der Waals surface area (Å²) in [7, 11) is 0. The van der Waals surface area contributed by atoms with Gasteiger partial charge >= 0.3 is 5.97 Å². The monoisotopic (exact) mass is 379 g/mol. The van der Waals surface area contributed by atoms with E-state index in [9.17, 15) is 9.59 Å². The van der Waals surface area contributed by atoms with Gasteiger partial charge in [-0.05, 0) is 18.8 Å². The van der Waals surface area contributed by atoms with Gasteiger partial charge in [0.05, 0.1) is 10.7 Å². The Morgan fingerprint density at radius 1 is 1.35 bits per heavy atom. The first-order valence-electron chi connectivity index (χ1n) is 7.06. The van der Waals surface area contributed by atoms with Crippen LogP contribution in [-0.4, -0.2) is 41.5 Å². The molecule has 126 valence electrons. The molecule has 0 spiro atoms. The number of anilines is 1. The number of likely N-dealkylation sites (tertiary alicyclic amines) is 1. The van der Waals surface area contributed by atoms with Crippen molar-refractivity contribution in [2.45, 2.75) is 19.8 Å². The second-order valence-corrected chi connectivity index (χ2v) is 6.57. The highest BCUT2D eigenvalue weighted by molar-refractivity contribution is 6.46. The van der Waals surface area contributed by atoms with E-state index in [1.807, 2.05) is 0 Å². The molecule has 0 aromatic carbocycles. The van der Waals surface area contributed by atoms with E-state index in [4.69, 9.17) is 45.3 Å². The average Bonchev–Trinajstić information content (AvgIpc) is 2.53. The molecule has 0 aliphatic carbocycles. The van der Waals surface area contributed by atoms with E-state index in [1.165, 1.54) is 0 Å². The highest BCUT2D eigenvalue weighted by Gasteiger charge is 2.24. The molecule has 6 nitrogen and oxygen atoms in total. The number of hydrogen-bond acceptors (Lipinski definition) is 5. The molecular weight excluding hydrogens is 365 g/mol. The summed E-state index contributed by atoms with van der Waals surface area (Å²) in [5, 5.41) is -0.341. The minimum atomic E-state index is -0.876. The van der Waals surface area contributed by atoms with Crippen LogP contribution in [0.25, 0.3) is 0 Å². The Balaban J connectivity index is 2.01. The highest BCUT2D eigenvalue weighted by Crippen LogP contribution is 2.34. The third kappa shape index (κ3) is 4.19. The first-order chi connectivity index (χ1) is 10.8. The quantitative estimate of drug-likeness (QED) is 0.643. The number of piperidine rings is 1. The zero-order valence-corrected chi connectivity index (χ0v) is 14.7. The number of hydrogen-bond donors (Lipinski definition) is 1. The zero-order chi connectivity index (χ0) is 17.1. The van der Waals surface area contributed by atoms with Gasteiger partial charge in [0.15, 0.2) is 17.5 Å². The van der Waals surface area contributed by atoms with Gasteiger partial charge < -0.3 is 15.4 Å². The Hall–Kier alpha value is -1.24. The normalized spacial score (nSPS) is 17.9. The summed E-state index contributed by atoms with van der Waals surface area (Å²) in [5.41, 5.74) is 5.31. The lowest BCUT2D eigenvalue weighted by Gasteiger charge is -2.30. The molecule has 23 heavy (non-hydrogen) atoms. The van der Waals surface area contributed by atoms with E-state index in [1.54, 1.807) is 4.90 Å². The van der Waals surface area contributed by atoms with Crippen LogP contribution in [0.5, 0.6) is 0 Å². The molecule has 1 aromatic heterocycles. The number of pyridine rings is 1. The second-order valence-electron chi connectivity index (χ2n) is 5.46. The number of nitrogen functional groups attached to an aromatic ring is 1. The number of esters is 1. The van der Waals surface area contributed by atoms with Crippen LogP contribution in [0.15, 0.2) is 0 Å². The second kappa shape index (κ2) is 7.55. The summed E-state index contributed by atoms with van der Waals surface area (Å²) in [6, 6.07) is 0. The zero-order valence-electron chi connectivity index (χ0n) is 12.4. The Morgan fingerprint density at radius 3 is 2.70 bits per heavy atom. The van der Waals surface area contributed by atoms with Gasteiger partial charge in [-0.1, -0.05) is 41.7 Å². The molecule has 1 saturated heterocycles. The first-order valence-corrected chi connectivity index (χ1v) is 8.19. The lowest BCUT2D eigenvalue weighted by molar-refractivity contribution is -0.136. The maximum Gasteiger partial charge on any atom is 0.359 e. The van der Waals surface area contributed by atoms with Gasteiger partial charge in [-0.25, -0.2) is 9.78 Å². The molecule has 2 rings (SSSR count). The fourth-order valence-corrected chi connectivity index (χ4v) is 2.95. The molecule has 1 aromatic rings. The van der Waals surface area contributed by atoms with E-state index in [-0.39, 0.29) is 39.1 Å². The number of amides is 1. The van der Waals surface area contributed by atoms with Gasteiger partial charge in [-0.2, -0.15) is 0 Å². The van der Waals surface area contributed by atoms with Crippen molar-refractivity contribution in [3.05, 3.63) is 20.9 Å². The number of ether oxygens (including phenoxy) is 1. The van der Waals surface area contributed by atoms with Crippen molar-refractivity contribution in [1.29, 1.82) is 0 Å². The molecule has 1 aliphatic rings. The SMILES string of the molecule is CC1CCCN(C(=O)COC(=O)c2nc(Cl)c(Cl)c(N)c2Cl)C1. The van der Waals surface area contributed by atoms with Crippen molar-refractivity contribution in [1.82, 2.24) is 9.88 Å². The summed E-state index contributed by atoms with van der Waals surface area (Å²) < 4.78 is 4.97. The van der Waals surface area contributed by atoms with Crippen LogP contribution in [0.1, 0.15) is 30.3 Å². The largest absolute Gasteiger partial charge is 0.451 e. The molecule has 0 radical (unpaired) electrons. The number of carbonyl (C=O) groups is 2. The van der Waals surface area contributed by atoms with E-state index < -0.39 is 5.97 Å². The highest BCUT2D eigenvalue weighted by atomic mass is 35.5. The minimum Gasteiger partial charge on any atom is -0.451 e. The third-order valence-electron chi connectivity index (χ3n) is 3.60. The number of nitrogens with two attached hydrogens (primary N) is 1. The maximum atomic E-state index is 12.1. The van der Waals surface area contributed by atoms with E-state index in [0.29, 0.717) is 19.0 Å². The van der Waals surface area contributed by atoms with Gasteiger partial charge in [0, 0.05) is 13.1 Å². The van der Waals surface area contributed by atoms with Gasteiger partial charge in [0.2, 0.25) is 0 Å². The maximum absolute atomic E-state index is 12.1. The number of carbonyl (C=O) groups excluding carboxylic acids is 2. The smallest absolute Gasteiger partial charge is 0.359 e. The van der Waals surface area contributed by atoms with Crippen molar-refractivity contribution in [3.8, 4) is 0 Å². The molecule has 2 N–H and O–H groups in total. The van der Waals surface area contributed by atoms with Crippen LogP contribution >= 0.6 is 34.8 Å². The Bertz CT molecular complexity index is 639. The topological polar surface area (TPSA) is 85.5 Å². The standard InChI is InChI=1S/C14H16Cl3N3O3/c1-7-3-2-4-20(5-7)8(21)6-23-14(22)12-9(15)11(18)10(16)13(17)19-12/h7H,2-6H2,1H3,(H2,18,19). The molecular formula is C14H16Cl3N3O3. The van der Waals surface area contributed by atoms with Crippen LogP contribution in [0, 0.1) is 5.92 Å². The van der Waals surface area contributed by atoms with Gasteiger partial charge in [0.1, 0.15) is 5.02 Å². The number of nitrogens with zero attached hydrogens (tertiary/aromatic N) is 2. The van der Waals surface area contributed by atoms with Crippen molar-refractivity contribution in [2.24, 2.45) is 5.92 Å². The van der Waals surface area contributed by atoms with Crippen LogP contribution < -0.4 is 5.73 Å². The molecule has 0 saturated carbocycles. The van der Waals surface area contributed by atoms with Crippen LogP contribution in [0.3, 0.4) is 0 Å². The van der Waals surface area contributed by atoms with E-state index >= 15 is 0 Å². The van der Waals surface area contributed by atoms with E-state index in [2.05, 4.69) is 11.9 Å². The van der Waals surface area contributed by atoms with Crippen molar-refractivity contribution < 1.29 is 14.3 Å². The van der Waals surface area contributed by atoms with E-state index in [0.717, 1.165) is 12.8 Å². The van der Waals surface area contributed by atoms with Gasteiger partial charge in [-0.3, -0.25) is 4.79 Å². The van der Waals surface area contributed by atoms with Crippen LogP contribution in [0.2, 0.25) is 15.2 Å². The minimum absolute atomic E-state index is 0.0356. The number of aromatic nitrogens is 1. The predicted molar refractivity (Wildman–Crippen MR) is 88.9 cm³/mol. The molecule has 1 aliphatic heterocycles. The fourth-order valence-electron chi connectivity index (χ4n) is 2.37. The van der Waals surface area contributed by atoms with Crippen LogP contribution in [-0.2, 0) is 9.53 Å². The summed E-state index contributed by atoms with van der Waals surface area (Å²) in [6.45, 7) is 3.02. The molecule has 9 heteroatoms. The van der Waals surface area contributed by atoms with Crippen molar-refractivity contribution >= 4 is 52.4 Å². The third-order valence-corrected chi connectivity index (χ3v) is 4.74. The van der Waals surface area contributed by atoms with Crippen molar-refractivity contribution in [3.63, 3.8) is 0 Å². The summed E-state index contributed by atoms with van der Waals surface area (Å²) >= 11 is 17.5. The lowest BCUT2D eigenvalue weighted by atomic mass is 10.0. The van der Waals surface area contributed by atoms with Crippen LogP contribution in [0.4, 0.5) is 5.69 Å². The molecule has 1 fully saturated rings. The molecule has 2 heterocycles. The number of halogens is 3. The van der Waals surface area contributed by atoms with Gasteiger partial charge in [0.25, 0.3) is 5.91 Å². The summed E-state index contributed by atoms with van der Waals surface area (Å²) in [4.78, 5) is 29.5. The summed E-state index contributed by atoms with van der Waals surface area (Å²) in [6.07, 6.45) is 2.03. The number of rotatable bonds is 3. The predicted octanol–water partition coefficient (Wildman–Crippen LogP) is 3.04.